The van der Waals surface area contributed by atoms with Gasteiger partial charge in [-0.2, -0.15) is 0 Å². The van der Waals surface area contributed by atoms with Gasteiger partial charge in [-0.25, -0.2) is 0 Å². The highest BCUT2D eigenvalue weighted by molar-refractivity contribution is 5.93. The highest BCUT2D eigenvalue weighted by Gasteiger charge is 2.40. The third-order valence-corrected chi connectivity index (χ3v) is 6.12. The van der Waals surface area contributed by atoms with E-state index in [2.05, 4.69) is 4.98 Å². The van der Waals surface area contributed by atoms with E-state index in [-0.39, 0.29) is 17.9 Å². The van der Waals surface area contributed by atoms with Gasteiger partial charge in [-0.3, -0.25) is 9.59 Å². The summed E-state index contributed by atoms with van der Waals surface area (Å²) in [5.41, 5.74) is 1.89. The average molecular weight is 386 g/mol. The number of hydrogen-bond acceptors (Lipinski definition) is 4. The second kappa shape index (κ2) is 7.83. The van der Waals surface area contributed by atoms with Gasteiger partial charge in [-0.1, -0.05) is 6.07 Å². The number of likely N-dealkylation sites (tertiary alicyclic amines) is 1. The summed E-state index contributed by atoms with van der Waals surface area (Å²) in [5.74, 6) is -0.119. The fourth-order valence-corrected chi connectivity index (χ4v) is 4.62. The predicted octanol–water partition coefficient (Wildman–Crippen LogP) is 2.45. The van der Waals surface area contributed by atoms with Crippen molar-refractivity contribution >= 4 is 22.8 Å². The number of aliphatic carboxylic acids is 1. The first-order valence-corrected chi connectivity index (χ1v) is 9.83. The molecule has 150 valence electrons. The van der Waals surface area contributed by atoms with Gasteiger partial charge in [0.25, 0.3) is 0 Å². The topological polar surface area (TPSA) is 91.9 Å². The molecule has 2 aromatic rings. The van der Waals surface area contributed by atoms with E-state index in [1.165, 1.54) is 0 Å². The monoisotopic (exact) mass is 386 g/mol. The number of benzene rings is 1. The molecule has 0 radical (unpaired) electrons. The fourth-order valence-electron chi connectivity index (χ4n) is 4.62. The summed E-state index contributed by atoms with van der Waals surface area (Å²) in [6, 6.07) is 5.79. The number of ether oxygens (including phenoxy) is 2. The Morgan fingerprint density at radius 2 is 2.07 bits per heavy atom. The maximum atomic E-state index is 12.9. The standard InChI is InChI=1S/C21H26N2O5/c1-27-17-4-2-3-16-19(17)14(12-22-16)11-18(24)23-8-5-13(6-9-23)20-15(21(25)26)7-10-28-20/h2-4,12-13,15,20,22H,5-11H2,1H3,(H,25,26)/t15?,20-/m0/s1. The maximum Gasteiger partial charge on any atom is 0.309 e. The van der Waals surface area contributed by atoms with Crippen LogP contribution in [0.15, 0.2) is 24.4 Å². The summed E-state index contributed by atoms with van der Waals surface area (Å²) in [4.78, 5) is 29.4. The minimum Gasteiger partial charge on any atom is -0.496 e. The molecule has 2 aliphatic heterocycles. The molecular formula is C21H26N2O5. The summed E-state index contributed by atoms with van der Waals surface area (Å²) in [6.45, 7) is 1.81. The number of nitrogens with zero attached hydrogens (tertiary/aromatic N) is 1. The average Bonchev–Trinajstić information content (AvgIpc) is 3.35. The van der Waals surface area contributed by atoms with Crippen molar-refractivity contribution < 1.29 is 24.2 Å². The van der Waals surface area contributed by atoms with Crippen LogP contribution in [-0.2, 0) is 20.7 Å². The van der Waals surface area contributed by atoms with Gasteiger partial charge in [0.2, 0.25) is 5.91 Å². The van der Waals surface area contributed by atoms with Crippen LogP contribution in [0.1, 0.15) is 24.8 Å². The van der Waals surface area contributed by atoms with Gasteiger partial charge < -0.3 is 24.5 Å². The van der Waals surface area contributed by atoms with Crippen molar-refractivity contribution in [2.24, 2.45) is 11.8 Å². The predicted molar refractivity (Wildman–Crippen MR) is 103 cm³/mol. The van der Waals surface area contributed by atoms with Crippen LogP contribution in [0.2, 0.25) is 0 Å². The summed E-state index contributed by atoms with van der Waals surface area (Å²) >= 11 is 0. The second-order valence-electron chi connectivity index (χ2n) is 7.66. The first kappa shape index (κ1) is 18.8. The Morgan fingerprint density at radius 3 is 2.79 bits per heavy atom. The van der Waals surface area contributed by atoms with Crippen LogP contribution >= 0.6 is 0 Å². The number of methoxy groups -OCH3 is 1. The van der Waals surface area contributed by atoms with Crippen LogP contribution in [0, 0.1) is 11.8 Å². The number of carboxylic acid groups (broad SMARTS) is 1. The van der Waals surface area contributed by atoms with E-state index in [4.69, 9.17) is 9.47 Å². The van der Waals surface area contributed by atoms with E-state index < -0.39 is 11.9 Å². The summed E-state index contributed by atoms with van der Waals surface area (Å²) in [6.07, 6.45) is 4.15. The number of nitrogens with one attached hydrogen (secondary N) is 1. The van der Waals surface area contributed by atoms with Crippen molar-refractivity contribution in [2.45, 2.75) is 31.8 Å². The minimum absolute atomic E-state index is 0.0902. The van der Waals surface area contributed by atoms with Crippen LogP contribution in [0.5, 0.6) is 5.75 Å². The number of hydrogen-bond donors (Lipinski definition) is 2. The Morgan fingerprint density at radius 1 is 1.29 bits per heavy atom. The van der Waals surface area contributed by atoms with Crippen LogP contribution in [0.4, 0.5) is 0 Å². The van der Waals surface area contributed by atoms with E-state index in [9.17, 15) is 14.7 Å². The van der Waals surface area contributed by atoms with Crippen molar-refractivity contribution in [3.63, 3.8) is 0 Å². The molecule has 3 heterocycles. The molecule has 2 fully saturated rings. The molecule has 1 unspecified atom stereocenters. The van der Waals surface area contributed by atoms with Crippen LogP contribution in [0.25, 0.3) is 10.9 Å². The zero-order valence-corrected chi connectivity index (χ0v) is 16.0. The van der Waals surface area contributed by atoms with Gasteiger partial charge in [0.15, 0.2) is 0 Å². The Balaban J connectivity index is 1.39. The summed E-state index contributed by atoms with van der Waals surface area (Å²) < 4.78 is 11.2. The molecule has 7 nitrogen and oxygen atoms in total. The zero-order valence-electron chi connectivity index (χ0n) is 16.0. The molecule has 0 bridgehead atoms. The molecule has 7 heteroatoms. The molecule has 4 rings (SSSR count). The lowest BCUT2D eigenvalue weighted by atomic mass is 9.84. The third-order valence-electron chi connectivity index (χ3n) is 6.12. The number of aromatic amines is 1. The molecule has 2 N–H and O–H groups in total. The maximum absolute atomic E-state index is 12.9. The molecule has 0 aliphatic carbocycles. The molecule has 28 heavy (non-hydrogen) atoms. The van der Waals surface area contributed by atoms with Gasteiger partial charge in [0.1, 0.15) is 5.75 Å². The number of fused-ring (bicyclic) bond motifs is 1. The van der Waals surface area contributed by atoms with Crippen molar-refractivity contribution in [3.05, 3.63) is 30.0 Å². The van der Waals surface area contributed by atoms with E-state index in [0.717, 1.165) is 35.1 Å². The molecule has 1 aromatic carbocycles. The summed E-state index contributed by atoms with van der Waals surface area (Å²) in [5, 5.41) is 10.3. The molecule has 2 saturated heterocycles. The second-order valence-corrected chi connectivity index (χ2v) is 7.66. The van der Waals surface area contributed by atoms with Crippen molar-refractivity contribution in [1.82, 2.24) is 9.88 Å². The first-order chi connectivity index (χ1) is 13.6. The van der Waals surface area contributed by atoms with Crippen LogP contribution in [0.3, 0.4) is 0 Å². The van der Waals surface area contributed by atoms with Gasteiger partial charge >= 0.3 is 5.97 Å². The van der Waals surface area contributed by atoms with Gasteiger partial charge in [0.05, 0.1) is 25.6 Å². The number of rotatable bonds is 5. The number of carbonyl (C=O) groups is 2. The Labute approximate surface area is 163 Å². The quantitative estimate of drug-likeness (QED) is 0.824. The third kappa shape index (κ3) is 3.46. The van der Waals surface area contributed by atoms with E-state index in [0.29, 0.717) is 32.5 Å². The van der Waals surface area contributed by atoms with Gasteiger partial charge in [0, 0.05) is 36.8 Å². The van der Waals surface area contributed by atoms with Crippen molar-refractivity contribution in [2.75, 3.05) is 26.8 Å². The lowest BCUT2D eigenvalue weighted by molar-refractivity contribution is -0.145. The van der Waals surface area contributed by atoms with Crippen LogP contribution < -0.4 is 4.74 Å². The molecule has 0 spiro atoms. The van der Waals surface area contributed by atoms with Crippen molar-refractivity contribution in [1.29, 1.82) is 0 Å². The van der Waals surface area contributed by atoms with E-state index >= 15 is 0 Å². The molecule has 2 aliphatic rings. The molecule has 1 aromatic heterocycles. The number of carbonyl (C=O) groups excluding carboxylic acids is 1. The summed E-state index contributed by atoms with van der Waals surface area (Å²) in [7, 11) is 1.63. The Bertz CT molecular complexity index is 869. The Hall–Kier alpha value is -2.54. The SMILES string of the molecule is COc1cccc2[nH]cc(CC(=O)N3CCC([C@@H]4OCCC4C(=O)O)CC3)c12. The number of amides is 1. The lowest BCUT2D eigenvalue weighted by Crippen LogP contribution is -2.43. The van der Waals surface area contributed by atoms with Crippen molar-refractivity contribution in [3.8, 4) is 5.75 Å². The highest BCUT2D eigenvalue weighted by Crippen LogP contribution is 2.34. The van der Waals surface area contributed by atoms with E-state index in [1.54, 1.807) is 7.11 Å². The molecule has 1 amide bonds. The smallest absolute Gasteiger partial charge is 0.309 e. The number of H-pyrrole nitrogens is 1. The molecule has 2 atom stereocenters. The van der Waals surface area contributed by atoms with Gasteiger partial charge in [-0.15, -0.1) is 0 Å². The number of carboxylic acids is 1. The minimum atomic E-state index is -0.769. The normalized spacial score (nSPS) is 23.2. The Kier molecular flexibility index (Phi) is 5.26. The van der Waals surface area contributed by atoms with E-state index in [1.807, 2.05) is 29.3 Å². The largest absolute Gasteiger partial charge is 0.496 e. The number of aromatic nitrogens is 1. The first-order valence-electron chi connectivity index (χ1n) is 9.83. The van der Waals surface area contributed by atoms with Gasteiger partial charge in [-0.05, 0) is 42.9 Å². The number of piperidine rings is 1. The lowest BCUT2D eigenvalue weighted by Gasteiger charge is -2.35. The van der Waals surface area contributed by atoms with Crippen LogP contribution in [-0.4, -0.2) is 59.8 Å². The highest BCUT2D eigenvalue weighted by atomic mass is 16.5. The zero-order chi connectivity index (χ0) is 19.7. The fraction of sp³-hybridized carbons (Fsp3) is 0.524. The molecular weight excluding hydrogens is 360 g/mol. The molecule has 0 saturated carbocycles.